The van der Waals surface area contributed by atoms with Crippen molar-refractivity contribution in [3.8, 4) is 0 Å². The molecule has 0 saturated heterocycles. The topological polar surface area (TPSA) is 38.0 Å². The summed E-state index contributed by atoms with van der Waals surface area (Å²) >= 11 is 3.59. The largest absolute Gasteiger partial charge is 0.388 e. The maximum Gasteiger partial charge on any atom is 0.0848 e. The SMILES string of the molecule is CCn1nc(C)c(Br)c1CC(O)c1cc(C)c(C)cc1C. The summed E-state index contributed by atoms with van der Waals surface area (Å²) in [5.41, 5.74) is 6.65. The average Bonchev–Trinajstić information content (AvgIpc) is 2.70. The Kier molecular flexibility index (Phi) is 4.89. The third-order valence-electron chi connectivity index (χ3n) is 4.08. The van der Waals surface area contributed by atoms with Crippen LogP contribution >= 0.6 is 15.9 Å². The van der Waals surface area contributed by atoms with Crippen LogP contribution in [0.1, 0.15) is 46.7 Å². The van der Waals surface area contributed by atoms with Crippen LogP contribution in [0, 0.1) is 27.7 Å². The van der Waals surface area contributed by atoms with Crippen molar-refractivity contribution in [3.05, 3.63) is 50.2 Å². The first kappa shape index (κ1) is 16.2. The number of aliphatic hydroxyl groups excluding tert-OH is 1. The number of rotatable bonds is 4. The summed E-state index contributed by atoms with van der Waals surface area (Å²) < 4.78 is 2.96. The van der Waals surface area contributed by atoms with Crippen molar-refractivity contribution in [3.63, 3.8) is 0 Å². The molecule has 21 heavy (non-hydrogen) atoms. The lowest BCUT2D eigenvalue weighted by Crippen LogP contribution is -2.10. The van der Waals surface area contributed by atoms with Gasteiger partial charge in [0.15, 0.2) is 0 Å². The number of nitrogens with zero attached hydrogens (tertiary/aromatic N) is 2. The lowest BCUT2D eigenvalue weighted by molar-refractivity contribution is 0.174. The van der Waals surface area contributed by atoms with Gasteiger partial charge >= 0.3 is 0 Å². The number of halogens is 1. The van der Waals surface area contributed by atoms with Crippen LogP contribution in [0.2, 0.25) is 0 Å². The number of aryl methyl sites for hydroxylation is 5. The van der Waals surface area contributed by atoms with E-state index < -0.39 is 6.10 Å². The first-order valence-corrected chi connectivity index (χ1v) is 8.12. The van der Waals surface area contributed by atoms with Crippen molar-refractivity contribution in [2.45, 2.75) is 53.7 Å². The zero-order valence-electron chi connectivity index (χ0n) is 13.4. The summed E-state index contributed by atoms with van der Waals surface area (Å²) in [5, 5.41) is 15.2. The molecule has 1 aromatic heterocycles. The maximum absolute atomic E-state index is 10.7. The molecular formula is C17H23BrN2O. The molecule has 0 fully saturated rings. The van der Waals surface area contributed by atoms with Gasteiger partial charge in [0.05, 0.1) is 22.0 Å². The Labute approximate surface area is 135 Å². The second-order valence-electron chi connectivity index (χ2n) is 5.67. The van der Waals surface area contributed by atoms with Gasteiger partial charge in [-0.1, -0.05) is 12.1 Å². The molecule has 1 aromatic carbocycles. The van der Waals surface area contributed by atoms with Gasteiger partial charge in [0.25, 0.3) is 0 Å². The number of benzene rings is 1. The Balaban J connectivity index is 2.34. The summed E-state index contributed by atoms with van der Waals surface area (Å²) in [7, 11) is 0. The van der Waals surface area contributed by atoms with E-state index in [0.717, 1.165) is 33.5 Å². The van der Waals surface area contributed by atoms with Gasteiger partial charge in [-0.2, -0.15) is 5.10 Å². The molecule has 1 heterocycles. The molecule has 1 unspecified atom stereocenters. The van der Waals surface area contributed by atoms with Gasteiger partial charge in [-0.25, -0.2) is 0 Å². The predicted molar refractivity (Wildman–Crippen MR) is 89.7 cm³/mol. The highest BCUT2D eigenvalue weighted by atomic mass is 79.9. The molecule has 2 rings (SSSR count). The van der Waals surface area contributed by atoms with Gasteiger partial charge in [-0.15, -0.1) is 0 Å². The standard InChI is InChI=1S/C17H23BrN2O/c1-6-20-15(17(18)13(5)19-20)9-16(21)14-8-11(3)10(2)7-12(14)4/h7-8,16,21H,6,9H2,1-5H3. The van der Waals surface area contributed by atoms with Gasteiger partial charge in [0.2, 0.25) is 0 Å². The molecule has 0 saturated carbocycles. The summed E-state index contributed by atoms with van der Waals surface area (Å²) in [6.07, 6.45) is 0.0560. The van der Waals surface area contributed by atoms with Gasteiger partial charge in [-0.05, 0) is 72.8 Å². The van der Waals surface area contributed by atoms with Gasteiger partial charge < -0.3 is 5.11 Å². The molecule has 0 aliphatic heterocycles. The zero-order valence-corrected chi connectivity index (χ0v) is 15.0. The third-order valence-corrected chi connectivity index (χ3v) is 5.11. The highest BCUT2D eigenvalue weighted by Gasteiger charge is 2.19. The van der Waals surface area contributed by atoms with Crippen LogP contribution in [-0.4, -0.2) is 14.9 Å². The molecule has 1 atom stereocenters. The van der Waals surface area contributed by atoms with Crippen molar-refractivity contribution in [2.75, 3.05) is 0 Å². The summed E-state index contributed by atoms with van der Waals surface area (Å²) in [6.45, 7) is 11.1. The Morgan fingerprint density at radius 3 is 2.38 bits per heavy atom. The summed E-state index contributed by atoms with van der Waals surface area (Å²) in [4.78, 5) is 0. The lowest BCUT2D eigenvalue weighted by atomic mass is 9.95. The van der Waals surface area contributed by atoms with Crippen molar-refractivity contribution in [1.29, 1.82) is 0 Å². The van der Waals surface area contributed by atoms with Crippen molar-refractivity contribution >= 4 is 15.9 Å². The van der Waals surface area contributed by atoms with Crippen LogP contribution in [0.4, 0.5) is 0 Å². The van der Waals surface area contributed by atoms with E-state index >= 15 is 0 Å². The smallest absolute Gasteiger partial charge is 0.0848 e. The Hall–Kier alpha value is -1.13. The summed E-state index contributed by atoms with van der Waals surface area (Å²) in [5.74, 6) is 0. The second-order valence-corrected chi connectivity index (χ2v) is 6.47. The van der Waals surface area contributed by atoms with Crippen LogP contribution in [0.5, 0.6) is 0 Å². The van der Waals surface area contributed by atoms with E-state index in [2.05, 4.69) is 60.9 Å². The molecule has 3 nitrogen and oxygen atoms in total. The van der Waals surface area contributed by atoms with Crippen LogP contribution in [0.25, 0.3) is 0 Å². The minimum absolute atomic E-state index is 0.512. The molecule has 1 N–H and O–H groups in total. The van der Waals surface area contributed by atoms with E-state index in [1.165, 1.54) is 11.1 Å². The molecule has 0 bridgehead atoms. The van der Waals surface area contributed by atoms with E-state index in [4.69, 9.17) is 0 Å². The average molecular weight is 351 g/mol. The minimum atomic E-state index is -0.512. The van der Waals surface area contributed by atoms with E-state index in [-0.39, 0.29) is 0 Å². The van der Waals surface area contributed by atoms with Crippen LogP contribution in [0.15, 0.2) is 16.6 Å². The number of aliphatic hydroxyl groups is 1. The highest BCUT2D eigenvalue weighted by Crippen LogP contribution is 2.29. The molecular weight excluding hydrogens is 328 g/mol. The fraction of sp³-hybridized carbons (Fsp3) is 0.471. The van der Waals surface area contributed by atoms with Gasteiger partial charge in [0.1, 0.15) is 0 Å². The monoisotopic (exact) mass is 350 g/mol. The molecule has 0 spiro atoms. The number of hydrogen-bond acceptors (Lipinski definition) is 2. The molecule has 0 radical (unpaired) electrons. The Morgan fingerprint density at radius 2 is 1.76 bits per heavy atom. The van der Waals surface area contributed by atoms with Gasteiger partial charge in [0, 0.05) is 13.0 Å². The fourth-order valence-electron chi connectivity index (χ4n) is 2.70. The number of aromatic nitrogens is 2. The molecule has 0 aliphatic rings. The summed E-state index contributed by atoms with van der Waals surface area (Å²) in [6, 6.07) is 4.24. The molecule has 0 amide bonds. The van der Waals surface area contributed by atoms with Gasteiger partial charge in [-0.3, -0.25) is 4.68 Å². The van der Waals surface area contributed by atoms with Crippen LogP contribution < -0.4 is 0 Å². The molecule has 0 aliphatic carbocycles. The Bertz CT molecular complexity index is 661. The first-order chi connectivity index (χ1) is 9.85. The van der Waals surface area contributed by atoms with E-state index in [1.807, 2.05) is 11.6 Å². The molecule has 2 aromatic rings. The first-order valence-electron chi connectivity index (χ1n) is 7.32. The van der Waals surface area contributed by atoms with Crippen LogP contribution in [0.3, 0.4) is 0 Å². The zero-order chi connectivity index (χ0) is 15.7. The van der Waals surface area contributed by atoms with E-state index in [1.54, 1.807) is 0 Å². The minimum Gasteiger partial charge on any atom is -0.388 e. The predicted octanol–water partition coefficient (Wildman–Crippen LogP) is 4.18. The normalized spacial score (nSPS) is 12.7. The van der Waals surface area contributed by atoms with Crippen molar-refractivity contribution in [1.82, 2.24) is 9.78 Å². The van der Waals surface area contributed by atoms with Crippen molar-refractivity contribution in [2.24, 2.45) is 0 Å². The highest BCUT2D eigenvalue weighted by molar-refractivity contribution is 9.10. The third kappa shape index (κ3) is 3.22. The fourth-order valence-corrected chi connectivity index (χ4v) is 3.14. The quantitative estimate of drug-likeness (QED) is 0.898. The lowest BCUT2D eigenvalue weighted by Gasteiger charge is -2.17. The maximum atomic E-state index is 10.7. The molecule has 4 heteroatoms. The van der Waals surface area contributed by atoms with E-state index in [0.29, 0.717) is 6.42 Å². The second kappa shape index (κ2) is 6.32. The Morgan fingerprint density at radius 1 is 1.14 bits per heavy atom. The number of hydrogen-bond donors (Lipinski definition) is 1. The van der Waals surface area contributed by atoms with Crippen molar-refractivity contribution < 1.29 is 5.11 Å². The van der Waals surface area contributed by atoms with E-state index in [9.17, 15) is 5.11 Å². The molecule has 114 valence electrons. The van der Waals surface area contributed by atoms with Crippen LogP contribution in [-0.2, 0) is 13.0 Å².